The molecule has 112 valence electrons. The number of pyridine rings is 1. The van der Waals surface area contributed by atoms with Crippen LogP contribution in [0.2, 0.25) is 0 Å². The summed E-state index contributed by atoms with van der Waals surface area (Å²) in [4.78, 5) is 20.4. The van der Waals surface area contributed by atoms with Gasteiger partial charge in [-0.15, -0.1) is 0 Å². The molecule has 0 aliphatic rings. The van der Waals surface area contributed by atoms with E-state index in [1.807, 2.05) is 25.1 Å². The highest BCUT2D eigenvalue weighted by molar-refractivity contribution is 5.82. The van der Waals surface area contributed by atoms with Crippen LogP contribution < -0.4 is 5.63 Å². The first-order valence-corrected chi connectivity index (χ1v) is 7.00. The average molecular weight is 305 g/mol. The van der Waals surface area contributed by atoms with Crippen molar-refractivity contribution >= 4 is 11.0 Å². The van der Waals surface area contributed by atoms with Gasteiger partial charge in [0.2, 0.25) is 5.82 Å². The lowest BCUT2D eigenvalue weighted by molar-refractivity contribution is 0.429. The van der Waals surface area contributed by atoms with E-state index in [0.29, 0.717) is 11.4 Å². The van der Waals surface area contributed by atoms with Gasteiger partial charge in [-0.3, -0.25) is 4.98 Å². The normalized spacial score (nSPS) is 11.0. The van der Waals surface area contributed by atoms with E-state index in [1.54, 1.807) is 30.6 Å². The second kappa shape index (κ2) is 5.17. The first-order chi connectivity index (χ1) is 11.2. The van der Waals surface area contributed by atoms with E-state index >= 15 is 0 Å². The highest BCUT2D eigenvalue weighted by Gasteiger charge is 2.16. The highest BCUT2D eigenvalue weighted by atomic mass is 16.5. The summed E-state index contributed by atoms with van der Waals surface area (Å²) in [5, 5.41) is 4.72. The Balaban J connectivity index is 1.85. The number of fused-ring (bicyclic) bond motifs is 1. The Kier molecular flexibility index (Phi) is 3.01. The molecule has 0 fully saturated rings. The molecular formula is C17H11N3O3. The van der Waals surface area contributed by atoms with Gasteiger partial charge in [0.05, 0.1) is 0 Å². The molecule has 0 spiro atoms. The number of hydrogen-bond donors (Lipinski definition) is 0. The molecule has 0 atom stereocenters. The average Bonchev–Trinajstić information content (AvgIpc) is 3.06. The van der Waals surface area contributed by atoms with Crippen LogP contribution in [-0.2, 0) is 0 Å². The van der Waals surface area contributed by atoms with Gasteiger partial charge in [-0.25, -0.2) is 4.79 Å². The minimum absolute atomic E-state index is 0.133. The molecule has 4 aromatic rings. The van der Waals surface area contributed by atoms with E-state index in [1.165, 1.54) is 0 Å². The van der Waals surface area contributed by atoms with Crippen molar-refractivity contribution in [3.8, 4) is 22.8 Å². The number of nitrogens with zero attached hydrogens (tertiary/aromatic N) is 3. The molecule has 6 heteroatoms. The summed E-state index contributed by atoms with van der Waals surface area (Å²) < 4.78 is 10.6. The number of para-hydroxylation sites is 1. The van der Waals surface area contributed by atoms with Crippen LogP contribution in [0.5, 0.6) is 0 Å². The Bertz CT molecular complexity index is 1050. The zero-order valence-corrected chi connectivity index (χ0v) is 12.2. The Morgan fingerprint density at radius 2 is 1.91 bits per heavy atom. The summed E-state index contributed by atoms with van der Waals surface area (Å²) in [5.41, 5.74) is 1.97. The van der Waals surface area contributed by atoms with Crippen molar-refractivity contribution in [1.82, 2.24) is 15.1 Å². The van der Waals surface area contributed by atoms with Crippen molar-refractivity contribution in [2.75, 3.05) is 0 Å². The zero-order chi connectivity index (χ0) is 15.8. The molecule has 3 aromatic heterocycles. The molecule has 0 N–H and O–H groups in total. The van der Waals surface area contributed by atoms with Gasteiger partial charge in [-0.1, -0.05) is 23.4 Å². The third-order valence-electron chi connectivity index (χ3n) is 3.55. The summed E-state index contributed by atoms with van der Waals surface area (Å²) in [5.74, 6) is 0.528. The molecule has 0 amide bonds. The molecule has 0 saturated heterocycles. The fourth-order valence-electron chi connectivity index (χ4n) is 2.39. The number of hydrogen-bond acceptors (Lipinski definition) is 6. The molecule has 0 saturated carbocycles. The van der Waals surface area contributed by atoms with Crippen LogP contribution in [0.1, 0.15) is 5.56 Å². The third kappa shape index (κ3) is 2.30. The van der Waals surface area contributed by atoms with E-state index in [0.717, 1.165) is 16.5 Å². The first-order valence-electron chi connectivity index (χ1n) is 7.00. The Hall–Kier alpha value is -3.28. The summed E-state index contributed by atoms with van der Waals surface area (Å²) in [7, 11) is 0. The van der Waals surface area contributed by atoms with Crippen molar-refractivity contribution in [2.24, 2.45) is 0 Å². The van der Waals surface area contributed by atoms with Crippen molar-refractivity contribution in [3.05, 3.63) is 64.8 Å². The largest absolute Gasteiger partial charge is 0.422 e. The van der Waals surface area contributed by atoms with Crippen LogP contribution in [0.25, 0.3) is 33.8 Å². The number of aryl methyl sites for hydroxylation is 1. The second-order valence-corrected chi connectivity index (χ2v) is 5.10. The van der Waals surface area contributed by atoms with Gasteiger partial charge in [0.15, 0.2) is 0 Å². The molecule has 0 bridgehead atoms. The minimum Gasteiger partial charge on any atom is -0.422 e. The predicted octanol–water partition coefficient (Wildman–Crippen LogP) is 3.21. The Labute approximate surface area is 130 Å². The summed E-state index contributed by atoms with van der Waals surface area (Å²) in [6, 6.07) is 10.9. The fraction of sp³-hybridized carbons (Fsp3) is 0.0588. The quantitative estimate of drug-likeness (QED) is 0.529. The van der Waals surface area contributed by atoms with E-state index in [-0.39, 0.29) is 11.5 Å². The highest BCUT2D eigenvalue weighted by Crippen LogP contribution is 2.24. The molecular weight excluding hydrogens is 294 g/mol. The zero-order valence-electron chi connectivity index (χ0n) is 12.2. The van der Waals surface area contributed by atoms with E-state index in [9.17, 15) is 4.79 Å². The summed E-state index contributed by atoms with van der Waals surface area (Å²) in [6.07, 6.45) is 3.27. The molecule has 0 aliphatic heterocycles. The maximum absolute atomic E-state index is 12.2. The monoisotopic (exact) mass is 305 g/mol. The summed E-state index contributed by atoms with van der Waals surface area (Å²) >= 11 is 0. The van der Waals surface area contributed by atoms with Gasteiger partial charge < -0.3 is 8.94 Å². The second-order valence-electron chi connectivity index (χ2n) is 5.10. The van der Waals surface area contributed by atoms with Crippen molar-refractivity contribution < 1.29 is 8.94 Å². The summed E-state index contributed by atoms with van der Waals surface area (Å²) in [6.45, 7) is 1.89. The van der Waals surface area contributed by atoms with Gasteiger partial charge >= 0.3 is 5.63 Å². The van der Waals surface area contributed by atoms with Crippen LogP contribution in [0.4, 0.5) is 0 Å². The van der Waals surface area contributed by atoms with Gasteiger partial charge in [0.1, 0.15) is 11.1 Å². The maximum atomic E-state index is 12.2. The first kappa shape index (κ1) is 13.4. The molecule has 6 nitrogen and oxygen atoms in total. The standard InChI is InChI=1S/C17H11N3O3/c1-10-3-2-4-12-9-13(17(21)22-14(10)12)16-19-15(20-23-16)11-5-7-18-8-6-11/h2-9H,1H3. The van der Waals surface area contributed by atoms with Gasteiger partial charge in [-0.2, -0.15) is 4.98 Å². The molecule has 0 radical (unpaired) electrons. The van der Waals surface area contributed by atoms with Gasteiger partial charge in [0.25, 0.3) is 5.89 Å². The molecule has 23 heavy (non-hydrogen) atoms. The van der Waals surface area contributed by atoms with E-state index in [2.05, 4.69) is 15.1 Å². The van der Waals surface area contributed by atoms with Crippen LogP contribution in [0, 0.1) is 6.92 Å². The van der Waals surface area contributed by atoms with E-state index < -0.39 is 5.63 Å². The van der Waals surface area contributed by atoms with Crippen LogP contribution in [0.15, 0.2) is 62.5 Å². The fourth-order valence-corrected chi connectivity index (χ4v) is 2.39. The minimum atomic E-state index is -0.503. The Morgan fingerprint density at radius 3 is 2.74 bits per heavy atom. The predicted molar refractivity (Wildman–Crippen MR) is 83.7 cm³/mol. The van der Waals surface area contributed by atoms with Crippen LogP contribution in [0.3, 0.4) is 0 Å². The maximum Gasteiger partial charge on any atom is 0.349 e. The lowest BCUT2D eigenvalue weighted by Gasteiger charge is -2.01. The SMILES string of the molecule is Cc1cccc2cc(-c3nc(-c4ccncc4)no3)c(=O)oc12. The molecule has 0 unspecified atom stereocenters. The number of benzene rings is 1. The van der Waals surface area contributed by atoms with Crippen molar-refractivity contribution in [3.63, 3.8) is 0 Å². The number of rotatable bonds is 2. The smallest absolute Gasteiger partial charge is 0.349 e. The molecule has 0 aliphatic carbocycles. The van der Waals surface area contributed by atoms with Crippen molar-refractivity contribution in [1.29, 1.82) is 0 Å². The van der Waals surface area contributed by atoms with Gasteiger partial charge in [-0.05, 0) is 30.7 Å². The van der Waals surface area contributed by atoms with Crippen molar-refractivity contribution in [2.45, 2.75) is 6.92 Å². The lowest BCUT2D eigenvalue weighted by Crippen LogP contribution is -2.03. The Morgan fingerprint density at radius 1 is 1.09 bits per heavy atom. The topological polar surface area (TPSA) is 82.0 Å². The lowest BCUT2D eigenvalue weighted by atomic mass is 10.1. The van der Waals surface area contributed by atoms with E-state index in [4.69, 9.17) is 8.94 Å². The third-order valence-corrected chi connectivity index (χ3v) is 3.55. The molecule has 4 rings (SSSR count). The van der Waals surface area contributed by atoms with Crippen LogP contribution >= 0.6 is 0 Å². The molecule has 1 aromatic carbocycles. The van der Waals surface area contributed by atoms with Gasteiger partial charge in [0, 0.05) is 23.3 Å². The number of aromatic nitrogens is 3. The van der Waals surface area contributed by atoms with Crippen LogP contribution in [-0.4, -0.2) is 15.1 Å². The molecule has 3 heterocycles.